The van der Waals surface area contributed by atoms with Crippen molar-refractivity contribution in [3.05, 3.63) is 53.6 Å². The van der Waals surface area contributed by atoms with Gasteiger partial charge in [0.2, 0.25) is 6.79 Å². The Morgan fingerprint density at radius 2 is 1.52 bits per heavy atom. The van der Waals surface area contributed by atoms with E-state index in [1.54, 1.807) is 24.3 Å². The van der Waals surface area contributed by atoms with Crippen LogP contribution < -0.4 is 18.9 Å². The van der Waals surface area contributed by atoms with Gasteiger partial charge in [0.1, 0.15) is 13.2 Å². The summed E-state index contributed by atoms with van der Waals surface area (Å²) in [6, 6.07) is 10.8. The topological polar surface area (TPSA) is 54.0 Å². The number of carbonyl (C=O) groups excluding carboxylic acids is 1. The molecule has 0 amide bonds. The van der Waals surface area contributed by atoms with Gasteiger partial charge in [-0.05, 0) is 42.0 Å². The van der Waals surface area contributed by atoms with E-state index in [-0.39, 0.29) is 12.6 Å². The zero-order chi connectivity index (χ0) is 15.6. The summed E-state index contributed by atoms with van der Waals surface area (Å²) in [6.07, 6.45) is 3.28. The van der Waals surface area contributed by atoms with E-state index in [0.29, 0.717) is 36.0 Å². The van der Waals surface area contributed by atoms with Crippen molar-refractivity contribution in [3.63, 3.8) is 0 Å². The van der Waals surface area contributed by atoms with Gasteiger partial charge in [-0.2, -0.15) is 0 Å². The van der Waals surface area contributed by atoms with Crippen LogP contribution in [0.1, 0.15) is 15.9 Å². The lowest BCUT2D eigenvalue weighted by Gasteiger charge is -2.18. The Balaban J connectivity index is 1.53. The number of hydrogen-bond acceptors (Lipinski definition) is 5. The van der Waals surface area contributed by atoms with E-state index in [9.17, 15) is 4.79 Å². The first kappa shape index (κ1) is 13.7. The molecule has 116 valence electrons. The second-order valence-electron chi connectivity index (χ2n) is 5.17. The Morgan fingerprint density at radius 1 is 0.826 bits per heavy atom. The van der Waals surface area contributed by atoms with Gasteiger partial charge in [0, 0.05) is 5.56 Å². The summed E-state index contributed by atoms with van der Waals surface area (Å²) in [5.74, 6) is 2.60. The number of hydrogen-bond donors (Lipinski definition) is 0. The van der Waals surface area contributed by atoms with Gasteiger partial charge in [-0.3, -0.25) is 4.79 Å². The highest BCUT2D eigenvalue weighted by Crippen LogP contribution is 2.33. The minimum Gasteiger partial charge on any atom is -0.486 e. The molecule has 0 radical (unpaired) electrons. The van der Waals surface area contributed by atoms with Gasteiger partial charge >= 0.3 is 0 Å². The molecule has 0 saturated carbocycles. The Hall–Kier alpha value is -2.95. The van der Waals surface area contributed by atoms with Crippen molar-refractivity contribution in [2.45, 2.75) is 0 Å². The Bertz CT molecular complexity index is 794. The Morgan fingerprint density at radius 3 is 2.43 bits per heavy atom. The maximum absolute atomic E-state index is 12.3. The molecule has 4 rings (SSSR count). The van der Waals surface area contributed by atoms with Gasteiger partial charge < -0.3 is 18.9 Å². The molecular formula is C18H14O5. The number of ketones is 1. The number of fused-ring (bicyclic) bond motifs is 2. The number of benzene rings is 2. The van der Waals surface area contributed by atoms with Crippen LogP contribution in [0.3, 0.4) is 0 Å². The molecule has 2 heterocycles. The molecule has 2 aliphatic heterocycles. The maximum atomic E-state index is 12.3. The quantitative estimate of drug-likeness (QED) is 0.644. The van der Waals surface area contributed by atoms with Gasteiger partial charge in [-0.15, -0.1) is 0 Å². The molecule has 0 aliphatic carbocycles. The lowest BCUT2D eigenvalue weighted by Crippen LogP contribution is -2.15. The van der Waals surface area contributed by atoms with Crippen LogP contribution in [0.25, 0.3) is 6.08 Å². The van der Waals surface area contributed by atoms with E-state index in [0.717, 1.165) is 11.3 Å². The van der Waals surface area contributed by atoms with Gasteiger partial charge in [0.25, 0.3) is 0 Å². The molecule has 0 atom stereocenters. The number of ether oxygens (including phenoxy) is 4. The van der Waals surface area contributed by atoms with Crippen molar-refractivity contribution in [2.24, 2.45) is 0 Å². The fourth-order valence-corrected chi connectivity index (χ4v) is 2.48. The first-order valence-corrected chi connectivity index (χ1v) is 7.31. The lowest BCUT2D eigenvalue weighted by molar-refractivity contribution is 0.104. The molecule has 2 aromatic rings. The zero-order valence-electron chi connectivity index (χ0n) is 12.3. The fourth-order valence-electron chi connectivity index (χ4n) is 2.48. The van der Waals surface area contributed by atoms with Crippen molar-refractivity contribution in [3.8, 4) is 23.0 Å². The summed E-state index contributed by atoms with van der Waals surface area (Å²) >= 11 is 0. The highest BCUT2D eigenvalue weighted by atomic mass is 16.7. The molecule has 0 unspecified atom stereocenters. The minimum absolute atomic E-state index is 0.0976. The zero-order valence-corrected chi connectivity index (χ0v) is 12.3. The van der Waals surface area contributed by atoms with E-state index >= 15 is 0 Å². The van der Waals surface area contributed by atoms with Crippen LogP contribution in [0.2, 0.25) is 0 Å². The number of rotatable bonds is 3. The Kier molecular flexibility index (Phi) is 3.38. The minimum atomic E-state index is -0.0976. The molecule has 0 N–H and O–H groups in total. The fraction of sp³-hybridized carbons (Fsp3) is 0.167. The number of allylic oxidation sites excluding steroid dienone is 1. The second kappa shape index (κ2) is 5.68. The first-order chi connectivity index (χ1) is 11.3. The molecule has 0 spiro atoms. The molecule has 23 heavy (non-hydrogen) atoms. The van der Waals surface area contributed by atoms with Crippen LogP contribution in [0.4, 0.5) is 0 Å². The molecule has 0 fully saturated rings. The summed E-state index contributed by atoms with van der Waals surface area (Å²) in [5.41, 5.74) is 1.44. The predicted octanol–water partition coefficient (Wildman–Crippen LogP) is 3.08. The third-order valence-corrected chi connectivity index (χ3v) is 3.65. The first-order valence-electron chi connectivity index (χ1n) is 7.31. The summed E-state index contributed by atoms with van der Waals surface area (Å²) in [7, 11) is 0. The summed E-state index contributed by atoms with van der Waals surface area (Å²) in [4.78, 5) is 12.3. The summed E-state index contributed by atoms with van der Waals surface area (Å²) in [5, 5.41) is 0. The van der Waals surface area contributed by atoms with Gasteiger partial charge in [-0.25, -0.2) is 0 Å². The molecular weight excluding hydrogens is 296 g/mol. The average molecular weight is 310 g/mol. The van der Waals surface area contributed by atoms with E-state index in [1.807, 2.05) is 18.2 Å². The van der Waals surface area contributed by atoms with Crippen molar-refractivity contribution in [1.29, 1.82) is 0 Å². The average Bonchev–Trinajstić information content (AvgIpc) is 3.07. The summed E-state index contributed by atoms with van der Waals surface area (Å²) < 4.78 is 21.5. The van der Waals surface area contributed by atoms with Crippen molar-refractivity contribution in [1.82, 2.24) is 0 Å². The van der Waals surface area contributed by atoms with Gasteiger partial charge in [-0.1, -0.05) is 12.1 Å². The van der Waals surface area contributed by atoms with Crippen molar-refractivity contribution in [2.75, 3.05) is 20.0 Å². The van der Waals surface area contributed by atoms with Crippen LogP contribution in [-0.4, -0.2) is 25.8 Å². The standard InChI is InChI=1S/C18H14O5/c19-14(13-3-6-15-18(10-13)21-8-7-20-15)4-1-12-2-5-16-17(9-12)23-11-22-16/h1-6,9-10H,7-8,11H2/b4-1+. The van der Waals surface area contributed by atoms with Crippen LogP contribution in [0.15, 0.2) is 42.5 Å². The van der Waals surface area contributed by atoms with Crippen LogP contribution in [0.5, 0.6) is 23.0 Å². The van der Waals surface area contributed by atoms with Gasteiger partial charge in [0.05, 0.1) is 0 Å². The second-order valence-corrected chi connectivity index (χ2v) is 5.17. The molecule has 5 nitrogen and oxygen atoms in total. The van der Waals surface area contributed by atoms with Gasteiger partial charge in [0.15, 0.2) is 28.8 Å². The highest BCUT2D eigenvalue weighted by Gasteiger charge is 2.14. The Labute approximate surface area is 133 Å². The number of carbonyl (C=O) groups is 1. The lowest BCUT2D eigenvalue weighted by atomic mass is 10.1. The molecule has 0 bridgehead atoms. The third-order valence-electron chi connectivity index (χ3n) is 3.65. The van der Waals surface area contributed by atoms with Crippen molar-refractivity contribution < 1.29 is 23.7 Å². The molecule has 0 saturated heterocycles. The van der Waals surface area contributed by atoms with Crippen LogP contribution in [-0.2, 0) is 0 Å². The van der Waals surface area contributed by atoms with E-state index < -0.39 is 0 Å². The van der Waals surface area contributed by atoms with Crippen LogP contribution >= 0.6 is 0 Å². The van der Waals surface area contributed by atoms with Crippen LogP contribution in [0, 0.1) is 0 Å². The normalized spacial score (nSPS) is 15.0. The monoisotopic (exact) mass is 310 g/mol. The summed E-state index contributed by atoms with van der Waals surface area (Å²) in [6.45, 7) is 1.26. The molecule has 2 aliphatic rings. The third kappa shape index (κ3) is 2.73. The largest absolute Gasteiger partial charge is 0.486 e. The van der Waals surface area contributed by atoms with E-state index in [1.165, 1.54) is 6.08 Å². The highest BCUT2D eigenvalue weighted by molar-refractivity contribution is 6.07. The van der Waals surface area contributed by atoms with Crippen molar-refractivity contribution >= 4 is 11.9 Å². The maximum Gasteiger partial charge on any atom is 0.231 e. The molecule has 2 aromatic carbocycles. The van der Waals surface area contributed by atoms with E-state index in [2.05, 4.69) is 0 Å². The smallest absolute Gasteiger partial charge is 0.231 e. The SMILES string of the molecule is O=C(/C=C/c1ccc2c(c1)OCO2)c1ccc2c(c1)OCCO2. The molecule has 0 aromatic heterocycles. The van der Waals surface area contributed by atoms with E-state index in [4.69, 9.17) is 18.9 Å². The molecule has 5 heteroatoms. The predicted molar refractivity (Wildman–Crippen MR) is 83.4 cm³/mol.